The summed E-state index contributed by atoms with van der Waals surface area (Å²) < 4.78 is 58.5. The third kappa shape index (κ3) is 5.71. The normalized spacial score (nSPS) is 20.3. The molecule has 0 bridgehead atoms. The smallest absolute Gasteiger partial charge is 0.263 e. The third-order valence-electron chi connectivity index (χ3n) is 5.38. The van der Waals surface area contributed by atoms with Crippen molar-refractivity contribution in [3.63, 3.8) is 0 Å². The molecule has 180 valence electrons. The minimum atomic E-state index is -4.12. The molecule has 2 aromatic rings. The van der Waals surface area contributed by atoms with Gasteiger partial charge in [0.05, 0.1) is 24.9 Å². The van der Waals surface area contributed by atoms with Gasteiger partial charge in [0.1, 0.15) is 11.8 Å². The Morgan fingerprint density at radius 3 is 2.18 bits per heavy atom. The summed E-state index contributed by atoms with van der Waals surface area (Å²) in [6.07, 6.45) is 1.03. The lowest BCUT2D eigenvalue weighted by Gasteiger charge is -2.43. The number of hydroxylamine groups is 1. The topological polar surface area (TPSA) is 122 Å². The number of methoxy groups -OCH3 is 1. The number of carbonyl (C=O) groups excluding carboxylic acids is 1. The number of rotatable bonds is 8. The second-order valence-electron chi connectivity index (χ2n) is 7.59. The van der Waals surface area contributed by atoms with Gasteiger partial charge in [0.2, 0.25) is 20.0 Å². The van der Waals surface area contributed by atoms with Gasteiger partial charge in [-0.2, -0.15) is 8.61 Å². The first-order valence-corrected chi connectivity index (χ1v) is 13.4. The standard InChI is InChI=1S/C21H27N3O7S2/c1-16-20(21(25)22-31-15-17-7-5-4-6-8-17)24(14-13-23(16)32(3,26)27)33(28,29)19-11-9-18(30-2)10-12-19/h4-12,16,20H,13-15H2,1-3H3,(H,22,25)/t16-,20-/m1/s1. The molecule has 2 atom stereocenters. The van der Waals surface area contributed by atoms with Gasteiger partial charge >= 0.3 is 0 Å². The van der Waals surface area contributed by atoms with Gasteiger partial charge < -0.3 is 4.74 Å². The van der Waals surface area contributed by atoms with Crippen LogP contribution in [0.2, 0.25) is 0 Å². The Morgan fingerprint density at radius 2 is 1.61 bits per heavy atom. The summed E-state index contributed by atoms with van der Waals surface area (Å²) in [5.74, 6) is -0.281. The molecule has 1 aliphatic rings. The van der Waals surface area contributed by atoms with Gasteiger partial charge in [0.15, 0.2) is 0 Å². The molecule has 1 heterocycles. The van der Waals surface area contributed by atoms with Gasteiger partial charge in [0, 0.05) is 19.1 Å². The Labute approximate surface area is 194 Å². The van der Waals surface area contributed by atoms with E-state index in [9.17, 15) is 21.6 Å². The minimum absolute atomic E-state index is 0.0358. The van der Waals surface area contributed by atoms with Gasteiger partial charge in [-0.15, -0.1) is 0 Å². The van der Waals surface area contributed by atoms with E-state index in [1.807, 2.05) is 18.2 Å². The lowest BCUT2D eigenvalue weighted by atomic mass is 10.1. The first-order chi connectivity index (χ1) is 15.6. The zero-order chi connectivity index (χ0) is 24.2. The average molecular weight is 498 g/mol. The van der Waals surface area contributed by atoms with Crippen molar-refractivity contribution in [2.75, 3.05) is 26.5 Å². The Hall–Kier alpha value is -2.51. The van der Waals surface area contributed by atoms with E-state index in [1.54, 1.807) is 12.1 Å². The number of hydrogen-bond donors (Lipinski definition) is 1. The van der Waals surface area contributed by atoms with Crippen LogP contribution in [0.25, 0.3) is 0 Å². The third-order valence-corrected chi connectivity index (χ3v) is 8.64. The number of benzene rings is 2. The highest BCUT2D eigenvalue weighted by atomic mass is 32.2. The molecule has 1 N–H and O–H groups in total. The van der Waals surface area contributed by atoms with Crippen molar-refractivity contribution in [3.8, 4) is 5.75 Å². The number of hydrogen-bond acceptors (Lipinski definition) is 7. The van der Waals surface area contributed by atoms with Gasteiger partial charge in [-0.05, 0) is 36.8 Å². The van der Waals surface area contributed by atoms with Crippen LogP contribution in [0.15, 0.2) is 59.5 Å². The van der Waals surface area contributed by atoms with Crippen LogP contribution in [0, 0.1) is 0 Å². The maximum atomic E-state index is 13.4. The van der Waals surface area contributed by atoms with Crippen molar-refractivity contribution in [1.29, 1.82) is 0 Å². The average Bonchev–Trinajstić information content (AvgIpc) is 2.78. The summed E-state index contributed by atoms with van der Waals surface area (Å²) >= 11 is 0. The minimum Gasteiger partial charge on any atom is -0.497 e. The molecule has 1 saturated heterocycles. The van der Waals surface area contributed by atoms with Gasteiger partial charge in [-0.1, -0.05) is 30.3 Å². The number of sulfonamides is 2. The van der Waals surface area contributed by atoms with Crippen molar-refractivity contribution in [2.24, 2.45) is 0 Å². The summed E-state index contributed by atoms with van der Waals surface area (Å²) in [5.41, 5.74) is 3.09. The summed E-state index contributed by atoms with van der Waals surface area (Å²) in [5, 5.41) is 0. The van der Waals surface area contributed by atoms with Crippen molar-refractivity contribution in [1.82, 2.24) is 14.1 Å². The quantitative estimate of drug-likeness (QED) is 0.539. The van der Waals surface area contributed by atoms with E-state index in [0.29, 0.717) is 5.75 Å². The SMILES string of the molecule is COc1ccc(S(=O)(=O)N2CCN(S(C)(=O)=O)[C@H](C)[C@@H]2C(=O)NOCc2ccccc2)cc1. The van der Waals surface area contributed by atoms with Gasteiger partial charge in [-0.3, -0.25) is 9.63 Å². The highest BCUT2D eigenvalue weighted by molar-refractivity contribution is 7.89. The van der Waals surface area contributed by atoms with E-state index in [0.717, 1.165) is 20.4 Å². The molecule has 12 heteroatoms. The van der Waals surface area contributed by atoms with E-state index < -0.39 is 38.0 Å². The van der Waals surface area contributed by atoms with E-state index in [4.69, 9.17) is 9.57 Å². The number of amides is 1. The Bertz CT molecular complexity index is 1170. The number of nitrogens with one attached hydrogen (secondary N) is 1. The molecule has 3 rings (SSSR count). The molecule has 1 aliphatic heterocycles. The predicted molar refractivity (Wildman–Crippen MR) is 121 cm³/mol. The van der Waals surface area contributed by atoms with Crippen LogP contribution in [0.1, 0.15) is 12.5 Å². The second kappa shape index (κ2) is 10.2. The molecule has 0 radical (unpaired) electrons. The van der Waals surface area contributed by atoms with Gasteiger partial charge in [-0.25, -0.2) is 22.3 Å². The fourth-order valence-corrected chi connectivity index (χ4v) is 6.51. The summed E-state index contributed by atoms with van der Waals surface area (Å²) in [7, 11) is -6.33. The summed E-state index contributed by atoms with van der Waals surface area (Å²) in [4.78, 5) is 18.3. The zero-order valence-electron chi connectivity index (χ0n) is 18.5. The maximum absolute atomic E-state index is 13.4. The molecule has 1 fully saturated rings. The van der Waals surface area contributed by atoms with E-state index in [2.05, 4.69) is 5.48 Å². The molecule has 10 nitrogen and oxygen atoms in total. The van der Waals surface area contributed by atoms with Crippen LogP contribution in [0.4, 0.5) is 0 Å². The number of ether oxygens (including phenoxy) is 1. The van der Waals surface area contributed by atoms with Crippen LogP contribution in [0.5, 0.6) is 5.75 Å². The lowest BCUT2D eigenvalue weighted by Crippen LogP contribution is -2.65. The van der Waals surface area contributed by atoms with E-state index in [1.165, 1.54) is 38.3 Å². The molecule has 0 saturated carbocycles. The molecular weight excluding hydrogens is 470 g/mol. The number of carbonyl (C=O) groups is 1. The van der Waals surface area contributed by atoms with Gasteiger partial charge in [0.25, 0.3) is 5.91 Å². The molecule has 0 aliphatic carbocycles. The first-order valence-electron chi connectivity index (χ1n) is 10.1. The molecule has 2 aromatic carbocycles. The molecule has 33 heavy (non-hydrogen) atoms. The zero-order valence-corrected chi connectivity index (χ0v) is 20.2. The van der Waals surface area contributed by atoms with E-state index in [-0.39, 0.29) is 24.6 Å². The van der Waals surface area contributed by atoms with Crippen LogP contribution < -0.4 is 10.2 Å². The van der Waals surface area contributed by atoms with E-state index >= 15 is 0 Å². The van der Waals surface area contributed by atoms with Crippen LogP contribution in [-0.2, 0) is 36.3 Å². The molecule has 0 spiro atoms. The van der Waals surface area contributed by atoms with Crippen molar-refractivity contribution in [3.05, 3.63) is 60.2 Å². The van der Waals surface area contributed by atoms with Crippen molar-refractivity contribution in [2.45, 2.75) is 30.5 Å². The van der Waals surface area contributed by atoms with Crippen LogP contribution in [0.3, 0.4) is 0 Å². The lowest BCUT2D eigenvalue weighted by molar-refractivity contribution is -0.141. The predicted octanol–water partition coefficient (Wildman–Crippen LogP) is 0.966. The fraction of sp³-hybridized carbons (Fsp3) is 0.381. The highest BCUT2D eigenvalue weighted by Gasteiger charge is 2.47. The highest BCUT2D eigenvalue weighted by Crippen LogP contribution is 2.28. The molecule has 1 amide bonds. The van der Waals surface area contributed by atoms with Crippen molar-refractivity contribution < 1.29 is 31.2 Å². The monoisotopic (exact) mass is 497 g/mol. The summed E-state index contributed by atoms with van der Waals surface area (Å²) in [6.45, 7) is 1.29. The van der Waals surface area contributed by atoms with Crippen molar-refractivity contribution >= 4 is 26.0 Å². The Balaban J connectivity index is 1.87. The largest absolute Gasteiger partial charge is 0.497 e. The fourth-order valence-electron chi connectivity index (χ4n) is 3.73. The summed E-state index contributed by atoms with van der Waals surface area (Å²) in [6, 6.07) is 12.6. The maximum Gasteiger partial charge on any atom is 0.263 e. The second-order valence-corrected chi connectivity index (χ2v) is 11.4. The molecule has 0 unspecified atom stereocenters. The van der Waals surface area contributed by atoms with Crippen LogP contribution >= 0.6 is 0 Å². The molecule has 0 aromatic heterocycles. The number of nitrogens with zero attached hydrogens (tertiary/aromatic N) is 2. The van der Waals surface area contributed by atoms with Crippen LogP contribution in [-0.4, -0.2) is 69.9 Å². The first kappa shape index (κ1) is 25.1. The Kier molecular flexibility index (Phi) is 7.75. The Morgan fingerprint density at radius 1 is 1.00 bits per heavy atom. The molecular formula is C21H27N3O7S2. The number of piperazine rings is 1.